The van der Waals surface area contributed by atoms with Gasteiger partial charge in [-0.15, -0.1) is 0 Å². The molecule has 0 unspecified atom stereocenters. The highest BCUT2D eigenvalue weighted by molar-refractivity contribution is 14.1. The van der Waals surface area contributed by atoms with Crippen molar-refractivity contribution in [2.45, 2.75) is 6.92 Å². The van der Waals surface area contributed by atoms with Crippen molar-refractivity contribution in [3.8, 4) is 11.4 Å². The van der Waals surface area contributed by atoms with E-state index in [4.69, 9.17) is 0 Å². The summed E-state index contributed by atoms with van der Waals surface area (Å²) in [6.45, 7) is 1.98. The average Bonchev–Trinajstić information content (AvgIpc) is 2.19. The molecule has 0 spiro atoms. The second-order valence-corrected chi connectivity index (χ2v) is 4.10. The number of aromatic nitrogens is 3. The minimum absolute atomic E-state index is 0. The minimum atomic E-state index is 0. The number of nitrogens with one attached hydrogen (secondary N) is 1. The average molecular weight is 425 g/mol. The molecule has 1 N–H and O–H groups in total. The van der Waals surface area contributed by atoms with E-state index in [1.165, 1.54) is 0 Å². The number of hydrogen-bond donors (Lipinski definition) is 0. The normalized spacial score (nSPS) is 9.47. The number of rotatable bonds is 1. The summed E-state index contributed by atoms with van der Waals surface area (Å²) in [5, 5.41) is 0. The monoisotopic (exact) mass is 425 g/mol. The van der Waals surface area contributed by atoms with Gasteiger partial charge in [0, 0.05) is 21.5 Å². The van der Waals surface area contributed by atoms with E-state index in [0.717, 1.165) is 20.7 Å². The number of H-pyrrole nitrogens is 1. The van der Waals surface area contributed by atoms with Gasteiger partial charge in [-0.25, -0.2) is 4.98 Å². The molecule has 0 bridgehead atoms. The van der Waals surface area contributed by atoms with Crippen LogP contribution in [0, 0.1) is 10.5 Å². The van der Waals surface area contributed by atoms with Gasteiger partial charge in [0.05, 0.1) is 11.8 Å². The van der Waals surface area contributed by atoms with Gasteiger partial charge < -0.3 is 24.0 Å². The van der Waals surface area contributed by atoms with Crippen molar-refractivity contribution < 1.29 is 29.0 Å². The highest BCUT2D eigenvalue weighted by Gasteiger charge is 2.11. The Bertz CT molecular complexity index is 446. The Balaban J connectivity index is 0.00000112. The molecule has 0 aliphatic rings. The molecule has 0 aliphatic heterocycles. The fourth-order valence-corrected chi connectivity index (χ4v) is 2.02. The maximum atomic E-state index is 4.25. The number of halogens is 2. The van der Waals surface area contributed by atoms with E-state index in [-0.39, 0.29) is 24.0 Å². The quantitative estimate of drug-likeness (QED) is 0.544. The first-order valence-electron chi connectivity index (χ1n) is 4.22. The van der Waals surface area contributed by atoms with Crippen LogP contribution in [0.2, 0.25) is 0 Å². The number of nitrogens with zero attached hydrogens (tertiary/aromatic N) is 2. The van der Waals surface area contributed by atoms with Crippen molar-refractivity contribution in [2.75, 3.05) is 0 Å². The molecule has 15 heavy (non-hydrogen) atoms. The Kier molecular flexibility index (Phi) is 4.84. The van der Waals surface area contributed by atoms with E-state index in [1.807, 2.05) is 31.5 Å². The SMILES string of the molecule is Cc1cc(I)c(-c2nccc[nH+]2)cn1.[I-]. The third-order valence-corrected chi connectivity index (χ3v) is 2.74. The second-order valence-electron chi connectivity index (χ2n) is 2.94. The van der Waals surface area contributed by atoms with E-state index in [9.17, 15) is 0 Å². The third kappa shape index (κ3) is 3.07. The van der Waals surface area contributed by atoms with Gasteiger partial charge in [-0.05, 0) is 40.6 Å². The van der Waals surface area contributed by atoms with E-state index < -0.39 is 0 Å². The van der Waals surface area contributed by atoms with E-state index in [1.54, 1.807) is 6.20 Å². The lowest BCUT2D eigenvalue weighted by molar-refractivity contribution is -0.368. The van der Waals surface area contributed by atoms with Crippen molar-refractivity contribution in [3.05, 3.63) is 40.0 Å². The van der Waals surface area contributed by atoms with Gasteiger partial charge in [0.1, 0.15) is 6.20 Å². The Hall–Kier alpha value is -0.310. The Morgan fingerprint density at radius 2 is 2.13 bits per heavy atom. The molecule has 0 saturated heterocycles. The van der Waals surface area contributed by atoms with Crippen LogP contribution >= 0.6 is 22.6 Å². The van der Waals surface area contributed by atoms with Crippen LogP contribution in [0.25, 0.3) is 11.4 Å². The molecule has 2 aromatic rings. The summed E-state index contributed by atoms with van der Waals surface area (Å²) in [6, 6.07) is 3.90. The van der Waals surface area contributed by atoms with Crippen molar-refractivity contribution in [1.82, 2.24) is 9.97 Å². The Morgan fingerprint density at radius 1 is 1.33 bits per heavy atom. The van der Waals surface area contributed by atoms with E-state index in [0.29, 0.717) is 0 Å². The molecule has 0 saturated carbocycles. The Morgan fingerprint density at radius 3 is 2.73 bits per heavy atom. The summed E-state index contributed by atoms with van der Waals surface area (Å²) < 4.78 is 1.16. The predicted octanol–water partition coefficient (Wildman–Crippen LogP) is -1.13. The zero-order valence-electron chi connectivity index (χ0n) is 8.04. The number of aromatic amines is 1. The van der Waals surface area contributed by atoms with Crippen molar-refractivity contribution in [3.63, 3.8) is 0 Å². The Labute approximate surface area is 119 Å². The fraction of sp³-hybridized carbons (Fsp3) is 0.100. The molecule has 0 aromatic carbocycles. The minimum Gasteiger partial charge on any atom is -1.00 e. The summed E-state index contributed by atoms with van der Waals surface area (Å²) in [5.74, 6) is 0.851. The van der Waals surface area contributed by atoms with Gasteiger partial charge in [0.15, 0.2) is 0 Å². The molecule has 78 valence electrons. The topological polar surface area (TPSA) is 39.9 Å². The summed E-state index contributed by atoms with van der Waals surface area (Å²) in [5.41, 5.74) is 2.06. The second kappa shape index (κ2) is 5.69. The standard InChI is InChI=1S/C10H8IN3.HI/c1-7-5-9(11)8(6-14-7)10-12-3-2-4-13-10;/h2-6H,1H3;1H. The van der Waals surface area contributed by atoms with Gasteiger partial charge in [0.25, 0.3) is 0 Å². The first kappa shape index (κ1) is 12.8. The number of hydrogen-bond acceptors (Lipinski definition) is 2. The maximum Gasteiger partial charge on any atom is 0.330 e. The van der Waals surface area contributed by atoms with E-state index in [2.05, 4.69) is 37.5 Å². The lowest BCUT2D eigenvalue weighted by Gasteiger charge is -1.97. The molecule has 0 atom stereocenters. The molecule has 2 rings (SSSR count). The molecule has 0 aliphatic carbocycles. The first-order chi connectivity index (χ1) is 6.77. The van der Waals surface area contributed by atoms with Crippen LogP contribution in [-0.2, 0) is 0 Å². The van der Waals surface area contributed by atoms with Gasteiger partial charge in [-0.2, -0.15) is 0 Å². The largest absolute Gasteiger partial charge is 1.00 e. The molecule has 2 aromatic heterocycles. The maximum absolute atomic E-state index is 4.25. The molecule has 5 heteroatoms. The molecular weight excluding hydrogens is 416 g/mol. The molecule has 3 nitrogen and oxygen atoms in total. The summed E-state index contributed by atoms with van der Waals surface area (Å²) >= 11 is 2.29. The van der Waals surface area contributed by atoms with Gasteiger partial charge >= 0.3 is 5.82 Å². The molecule has 0 fully saturated rings. The van der Waals surface area contributed by atoms with Crippen LogP contribution in [0.3, 0.4) is 0 Å². The van der Waals surface area contributed by atoms with Crippen molar-refractivity contribution >= 4 is 22.6 Å². The number of pyridine rings is 1. The lowest BCUT2D eigenvalue weighted by Crippen LogP contribution is -3.00. The molecule has 2 heterocycles. The third-order valence-electron chi connectivity index (χ3n) is 1.85. The first-order valence-corrected chi connectivity index (χ1v) is 5.30. The molecular formula is C10H9I2N3. The smallest absolute Gasteiger partial charge is 0.330 e. The van der Waals surface area contributed by atoms with Crippen LogP contribution in [0.5, 0.6) is 0 Å². The van der Waals surface area contributed by atoms with Gasteiger partial charge in [-0.1, -0.05) is 0 Å². The van der Waals surface area contributed by atoms with Crippen LogP contribution < -0.4 is 29.0 Å². The van der Waals surface area contributed by atoms with Crippen LogP contribution in [0.1, 0.15) is 5.69 Å². The number of aryl methyl sites for hydroxylation is 1. The fourth-order valence-electron chi connectivity index (χ4n) is 1.17. The van der Waals surface area contributed by atoms with Crippen LogP contribution in [0.15, 0.2) is 30.7 Å². The zero-order valence-corrected chi connectivity index (χ0v) is 12.4. The highest BCUT2D eigenvalue weighted by atomic mass is 127. The summed E-state index contributed by atoms with van der Waals surface area (Å²) in [4.78, 5) is 11.6. The van der Waals surface area contributed by atoms with E-state index >= 15 is 0 Å². The molecule has 0 amide bonds. The predicted molar refractivity (Wildman–Crippen MR) is 61.5 cm³/mol. The summed E-state index contributed by atoms with van der Waals surface area (Å²) in [6.07, 6.45) is 5.47. The van der Waals surface area contributed by atoms with Crippen LogP contribution in [-0.4, -0.2) is 9.97 Å². The van der Waals surface area contributed by atoms with Crippen LogP contribution in [0.4, 0.5) is 0 Å². The zero-order chi connectivity index (χ0) is 9.97. The molecule has 0 radical (unpaired) electrons. The van der Waals surface area contributed by atoms with Gasteiger partial charge in [-0.3, -0.25) is 4.98 Å². The lowest BCUT2D eigenvalue weighted by atomic mass is 10.2. The van der Waals surface area contributed by atoms with Gasteiger partial charge in [0.2, 0.25) is 0 Å². The van der Waals surface area contributed by atoms with Crippen molar-refractivity contribution in [2.24, 2.45) is 0 Å². The summed E-state index contributed by atoms with van der Waals surface area (Å²) in [7, 11) is 0. The van der Waals surface area contributed by atoms with Crippen molar-refractivity contribution in [1.29, 1.82) is 0 Å². The highest BCUT2D eigenvalue weighted by Crippen LogP contribution is 2.19.